The van der Waals surface area contributed by atoms with E-state index >= 15 is 0 Å². The fourth-order valence-corrected chi connectivity index (χ4v) is 7.31. The standard InChI is InChI=1S/C29H27F7O3S/c1-19-17-25(40(37,38)24-13-11-23(30)12-14-24)15-16-26(19)21-7-9-22(10-8-21)27(28(31,32)33,29(34,35)36)39-18-20-5-3-2-4-6-20/h2-14,19,25-26H,15-18H2,1H3. The largest absolute Gasteiger partial charge is 0.430 e. The SMILES string of the molecule is CC1CC(S(=O)(=O)c2ccc(F)cc2)CCC1c1ccc(C(OCc2ccccc2)(C(F)(F)F)C(F)(F)F)cc1. The van der Waals surface area contributed by atoms with Gasteiger partial charge < -0.3 is 4.74 Å². The predicted molar refractivity (Wildman–Crippen MR) is 135 cm³/mol. The quantitative estimate of drug-likeness (QED) is 0.207. The fraction of sp³-hybridized carbons (Fsp3) is 0.379. The summed E-state index contributed by atoms with van der Waals surface area (Å²) < 4.78 is 129. The first-order valence-electron chi connectivity index (χ1n) is 12.6. The molecule has 1 fully saturated rings. The highest BCUT2D eigenvalue weighted by Crippen LogP contribution is 2.53. The average molecular weight is 589 g/mol. The van der Waals surface area contributed by atoms with Crippen molar-refractivity contribution < 1.29 is 43.9 Å². The van der Waals surface area contributed by atoms with Crippen LogP contribution in [-0.4, -0.2) is 26.0 Å². The lowest BCUT2D eigenvalue weighted by atomic mass is 9.76. The third-order valence-electron chi connectivity index (χ3n) is 7.54. The Morgan fingerprint density at radius 1 is 0.800 bits per heavy atom. The fourth-order valence-electron chi connectivity index (χ4n) is 5.41. The molecule has 0 heterocycles. The summed E-state index contributed by atoms with van der Waals surface area (Å²) in [6.45, 7) is 0.884. The number of ether oxygens (including phenoxy) is 1. The lowest BCUT2D eigenvalue weighted by Gasteiger charge is -2.38. The van der Waals surface area contributed by atoms with Gasteiger partial charge in [0.15, 0.2) is 9.84 Å². The highest BCUT2D eigenvalue weighted by molar-refractivity contribution is 7.92. The zero-order valence-electron chi connectivity index (χ0n) is 21.3. The van der Waals surface area contributed by atoms with Crippen molar-refractivity contribution >= 4 is 9.84 Å². The summed E-state index contributed by atoms with van der Waals surface area (Å²) in [6, 6.07) is 15.8. The molecule has 1 aliphatic rings. The van der Waals surface area contributed by atoms with Crippen molar-refractivity contribution in [2.75, 3.05) is 0 Å². The van der Waals surface area contributed by atoms with Crippen LogP contribution >= 0.6 is 0 Å². The predicted octanol–water partition coefficient (Wildman–Crippen LogP) is 8.11. The van der Waals surface area contributed by atoms with E-state index in [-0.39, 0.29) is 35.1 Å². The second kappa shape index (κ2) is 11.2. The van der Waals surface area contributed by atoms with Crippen LogP contribution in [0.4, 0.5) is 30.7 Å². The molecule has 0 amide bonds. The lowest BCUT2D eigenvalue weighted by Crippen LogP contribution is -2.55. The third kappa shape index (κ3) is 5.76. The second-order valence-corrected chi connectivity index (χ2v) is 12.3. The Kier molecular flexibility index (Phi) is 8.38. The van der Waals surface area contributed by atoms with Crippen LogP contribution in [0.25, 0.3) is 0 Å². The van der Waals surface area contributed by atoms with E-state index in [1.54, 1.807) is 13.0 Å². The van der Waals surface area contributed by atoms with Crippen LogP contribution in [0.5, 0.6) is 0 Å². The number of hydrogen-bond donors (Lipinski definition) is 0. The van der Waals surface area contributed by atoms with Gasteiger partial charge in [0.05, 0.1) is 16.8 Å². The van der Waals surface area contributed by atoms with Crippen LogP contribution in [-0.2, 0) is 26.8 Å². The number of rotatable bonds is 7. The van der Waals surface area contributed by atoms with E-state index in [0.717, 1.165) is 24.3 Å². The highest BCUT2D eigenvalue weighted by atomic mass is 32.2. The summed E-state index contributed by atoms with van der Waals surface area (Å²) in [5, 5.41) is -0.738. The molecule has 0 saturated heterocycles. The van der Waals surface area contributed by atoms with Gasteiger partial charge in [-0.05, 0) is 66.5 Å². The van der Waals surface area contributed by atoms with Crippen molar-refractivity contribution in [1.29, 1.82) is 0 Å². The molecule has 40 heavy (non-hydrogen) atoms. The second-order valence-electron chi connectivity index (χ2n) is 10.1. The van der Waals surface area contributed by atoms with Gasteiger partial charge in [-0.15, -0.1) is 0 Å². The summed E-state index contributed by atoms with van der Waals surface area (Å²) in [6.07, 6.45) is -10.8. The smallest absolute Gasteiger partial charge is 0.349 e. The number of benzene rings is 3. The van der Waals surface area contributed by atoms with E-state index in [1.807, 2.05) is 0 Å². The zero-order valence-corrected chi connectivity index (χ0v) is 22.2. The van der Waals surface area contributed by atoms with Gasteiger partial charge in [0.25, 0.3) is 5.60 Å². The molecule has 4 rings (SSSR count). The number of hydrogen-bond acceptors (Lipinski definition) is 3. The van der Waals surface area contributed by atoms with Gasteiger partial charge in [0.2, 0.25) is 0 Å². The van der Waals surface area contributed by atoms with Gasteiger partial charge in [-0.3, -0.25) is 0 Å². The van der Waals surface area contributed by atoms with Gasteiger partial charge in [0, 0.05) is 5.56 Å². The summed E-state index contributed by atoms with van der Waals surface area (Å²) in [5.74, 6) is -1.07. The topological polar surface area (TPSA) is 43.4 Å². The minimum atomic E-state index is -5.80. The average Bonchev–Trinajstić information content (AvgIpc) is 2.89. The summed E-state index contributed by atoms with van der Waals surface area (Å²) >= 11 is 0. The maximum Gasteiger partial charge on any atom is 0.430 e. The van der Waals surface area contributed by atoms with Crippen LogP contribution in [0.3, 0.4) is 0 Å². The van der Waals surface area contributed by atoms with Crippen LogP contribution in [0.15, 0.2) is 83.8 Å². The maximum atomic E-state index is 14.2. The minimum Gasteiger partial charge on any atom is -0.349 e. The van der Waals surface area contributed by atoms with Gasteiger partial charge in [0.1, 0.15) is 5.82 Å². The molecule has 0 spiro atoms. The molecule has 3 aromatic rings. The molecule has 0 N–H and O–H groups in total. The van der Waals surface area contributed by atoms with E-state index < -0.39 is 51.0 Å². The van der Waals surface area contributed by atoms with Crippen LogP contribution in [0.1, 0.15) is 48.8 Å². The molecule has 0 aromatic heterocycles. The molecule has 0 bridgehead atoms. The van der Waals surface area contributed by atoms with E-state index in [0.29, 0.717) is 12.0 Å². The van der Waals surface area contributed by atoms with Crippen LogP contribution < -0.4 is 0 Å². The summed E-state index contributed by atoms with van der Waals surface area (Å²) in [5.41, 5.74) is -4.97. The monoisotopic (exact) mass is 588 g/mol. The molecular formula is C29H27F7O3S. The molecule has 0 radical (unpaired) electrons. The Morgan fingerprint density at radius 2 is 1.38 bits per heavy atom. The highest BCUT2D eigenvalue weighted by Gasteiger charge is 2.73. The molecule has 11 heteroatoms. The van der Waals surface area contributed by atoms with Crippen LogP contribution in [0.2, 0.25) is 0 Å². The van der Waals surface area contributed by atoms with E-state index in [9.17, 15) is 39.2 Å². The molecular weight excluding hydrogens is 561 g/mol. The summed E-state index contributed by atoms with van der Waals surface area (Å²) in [4.78, 5) is 0.0000433. The van der Waals surface area contributed by atoms with Crippen molar-refractivity contribution in [3.8, 4) is 0 Å². The molecule has 1 saturated carbocycles. The molecule has 3 unspecified atom stereocenters. The first-order chi connectivity index (χ1) is 18.7. The van der Waals surface area contributed by atoms with E-state index in [4.69, 9.17) is 4.74 Å². The van der Waals surface area contributed by atoms with Gasteiger partial charge in [-0.2, -0.15) is 26.3 Å². The number of sulfone groups is 1. The molecule has 1 aliphatic carbocycles. The molecule has 0 aliphatic heterocycles. The Labute approximate surface area is 227 Å². The zero-order chi connectivity index (χ0) is 29.3. The molecule has 216 valence electrons. The van der Waals surface area contributed by atoms with Crippen molar-refractivity contribution in [2.24, 2.45) is 5.92 Å². The Morgan fingerprint density at radius 3 is 1.90 bits per heavy atom. The number of alkyl halides is 6. The van der Waals surface area contributed by atoms with Crippen molar-refractivity contribution in [3.05, 3.63) is 101 Å². The first-order valence-corrected chi connectivity index (χ1v) is 14.1. The Hall–Kier alpha value is -2.92. The third-order valence-corrected chi connectivity index (χ3v) is 9.78. The number of halogens is 7. The normalized spacial score (nSPS) is 20.9. The van der Waals surface area contributed by atoms with Gasteiger partial charge >= 0.3 is 12.4 Å². The minimum absolute atomic E-state index is 0.0000433. The van der Waals surface area contributed by atoms with E-state index in [1.165, 1.54) is 48.5 Å². The summed E-state index contributed by atoms with van der Waals surface area (Å²) in [7, 11) is -3.74. The first kappa shape index (κ1) is 30.0. The van der Waals surface area contributed by atoms with Crippen molar-refractivity contribution in [1.82, 2.24) is 0 Å². The van der Waals surface area contributed by atoms with Crippen LogP contribution in [0, 0.1) is 11.7 Å². The lowest BCUT2D eigenvalue weighted by molar-refractivity contribution is -0.392. The van der Waals surface area contributed by atoms with Gasteiger partial charge in [-0.25, -0.2) is 12.8 Å². The molecule has 3 nitrogen and oxygen atoms in total. The Balaban J connectivity index is 1.58. The maximum absolute atomic E-state index is 14.2. The van der Waals surface area contributed by atoms with Crippen molar-refractivity contribution in [3.63, 3.8) is 0 Å². The molecule has 3 aromatic carbocycles. The van der Waals surface area contributed by atoms with E-state index in [2.05, 4.69) is 0 Å². The molecule has 3 atom stereocenters. The van der Waals surface area contributed by atoms with Gasteiger partial charge in [-0.1, -0.05) is 61.5 Å². The van der Waals surface area contributed by atoms with Crippen molar-refractivity contribution in [2.45, 2.75) is 66.8 Å². The Bertz CT molecular complexity index is 1370.